The highest BCUT2D eigenvalue weighted by Gasteiger charge is 2.33. The van der Waals surface area contributed by atoms with E-state index in [1.54, 1.807) is 54.1 Å². The number of benzene rings is 2. The Balaban J connectivity index is 1.64. The van der Waals surface area contributed by atoms with Crippen molar-refractivity contribution in [2.45, 2.75) is 6.18 Å². The van der Waals surface area contributed by atoms with Crippen molar-refractivity contribution in [2.24, 2.45) is 0 Å². The number of nitrogens with zero attached hydrogens (tertiary/aromatic N) is 1. The third-order valence-corrected chi connectivity index (χ3v) is 4.74. The number of alkyl halides is 3. The highest BCUT2D eigenvalue weighted by atomic mass is 35.5. The predicted octanol–water partition coefficient (Wildman–Crippen LogP) is 5.37. The Morgan fingerprint density at radius 2 is 1.74 bits per heavy atom. The number of anilines is 2. The molecule has 3 aromatic rings. The van der Waals surface area contributed by atoms with Crippen LogP contribution < -0.4 is 20.7 Å². The van der Waals surface area contributed by atoms with E-state index in [0.717, 1.165) is 12.1 Å². The smallest absolute Gasteiger partial charge is 0.417 e. The molecule has 1 aromatic heterocycles. The number of halogens is 4. The topological polar surface area (TPSA) is 104 Å². The van der Waals surface area contributed by atoms with E-state index >= 15 is 0 Å². The second-order valence-corrected chi connectivity index (χ2v) is 7.28. The van der Waals surface area contributed by atoms with Gasteiger partial charge in [0.1, 0.15) is 17.7 Å². The Morgan fingerprint density at radius 3 is 2.38 bits per heavy atom. The predicted molar refractivity (Wildman–Crippen MR) is 124 cm³/mol. The quantitative estimate of drug-likeness (QED) is 0.334. The maximum absolute atomic E-state index is 13.0. The summed E-state index contributed by atoms with van der Waals surface area (Å²) in [6.45, 7) is 0. The number of nitrogens with one attached hydrogen (secondary N) is 3. The van der Waals surface area contributed by atoms with Crippen LogP contribution in [0.15, 0.2) is 67.0 Å². The Labute approximate surface area is 198 Å². The van der Waals surface area contributed by atoms with Gasteiger partial charge in [-0.15, -0.1) is 0 Å². The van der Waals surface area contributed by atoms with Gasteiger partial charge in [0.05, 0.1) is 28.9 Å². The third-order valence-electron chi connectivity index (χ3n) is 4.41. The zero-order valence-electron chi connectivity index (χ0n) is 17.8. The van der Waals surface area contributed by atoms with Crippen LogP contribution >= 0.6 is 11.6 Å². The van der Waals surface area contributed by atoms with Gasteiger partial charge in [-0.25, -0.2) is 4.79 Å². The molecule has 0 saturated carbocycles. The normalized spacial score (nSPS) is 11.6. The number of aromatic nitrogens is 1. The molecule has 3 rings (SSSR count). The van der Waals surface area contributed by atoms with Crippen LogP contribution in [0.25, 0.3) is 5.57 Å². The molecule has 7 nitrogen and oxygen atoms in total. The minimum atomic E-state index is -4.64. The molecule has 0 unspecified atom stereocenters. The van der Waals surface area contributed by atoms with Gasteiger partial charge in [-0.1, -0.05) is 11.6 Å². The summed E-state index contributed by atoms with van der Waals surface area (Å²) in [6.07, 6.45) is -0.106. The Hall–Kier alpha value is -3.89. The van der Waals surface area contributed by atoms with Crippen LogP contribution in [0.4, 0.5) is 29.3 Å². The average Bonchev–Trinajstić information content (AvgIpc) is 2.79. The fourth-order valence-corrected chi connectivity index (χ4v) is 3.10. The fraction of sp³-hybridized carbons (Fsp3) is 0.0870. The van der Waals surface area contributed by atoms with Crippen LogP contribution in [0.1, 0.15) is 11.3 Å². The lowest BCUT2D eigenvalue weighted by Gasteiger charge is -2.12. The first-order valence-corrected chi connectivity index (χ1v) is 10.3. The molecule has 11 heteroatoms. The van der Waals surface area contributed by atoms with Gasteiger partial charge >= 0.3 is 12.2 Å². The van der Waals surface area contributed by atoms with Crippen LogP contribution in [0.5, 0.6) is 11.5 Å². The molecule has 0 aliphatic rings. The number of hydrogen-bond donors (Lipinski definition) is 4. The number of hydrogen-bond acceptors (Lipinski definition) is 4. The van der Waals surface area contributed by atoms with E-state index in [4.69, 9.17) is 21.7 Å². The van der Waals surface area contributed by atoms with E-state index in [-0.39, 0.29) is 5.69 Å². The third kappa shape index (κ3) is 6.56. The number of carbonyl (C=O) groups is 1. The molecule has 34 heavy (non-hydrogen) atoms. The van der Waals surface area contributed by atoms with Crippen LogP contribution in [0.3, 0.4) is 0 Å². The van der Waals surface area contributed by atoms with Crippen molar-refractivity contribution in [2.75, 3.05) is 17.7 Å². The van der Waals surface area contributed by atoms with Gasteiger partial charge < -0.3 is 26.1 Å². The number of pyridine rings is 1. The lowest BCUT2D eigenvalue weighted by molar-refractivity contribution is -0.555. The number of allylic oxidation sites excluding steroid dienone is 1. The molecule has 5 N–H and O–H groups in total. The van der Waals surface area contributed by atoms with Crippen molar-refractivity contribution >= 4 is 40.8 Å². The van der Waals surface area contributed by atoms with Gasteiger partial charge in [0.15, 0.2) is 0 Å². The van der Waals surface area contributed by atoms with Crippen LogP contribution in [0, 0.1) is 5.41 Å². The molecule has 0 radical (unpaired) electrons. The largest absolute Gasteiger partial charge is 0.457 e. The molecule has 2 aromatic carbocycles. The number of amides is 2. The molecule has 0 spiro atoms. The molecular weight excluding hydrogens is 471 g/mol. The maximum Gasteiger partial charge on any atom is 0.417 e. The summed E-state index contributed by atoms with van der Waals surface area (Å²) in [5.41, 5.74) is 0.515. The summed E-state index contributed by atoms with van der Waals surface area (Å²) in [5, 5.41) is 13.7. The molecule has 0 aliphatic carbocycles. The van der Waals surface area contributed by atoms with Gasteiger partial charge in [-0.2, -0.15) is 13.2 Å². The number of urea groups is 1. The van der Waals surface area contributed by atoms with E-state index in [0.29, 0.717) is 28.5 Å². The standard InChI is InChI=1S/C23H19ClF3N5O2/c1-29-13-14(12-28)21-11-18(8-9-30-21)34-17-5-2-15(3-6-17)31-22(33)32-16-4-7-20(24)19(10-16)23(25,26)27/h2-13,28-29H,1H3,(H2,31,32,33)/p+1. The molecule has 0 saturated heterocycles. The van der Waals surface area contributed by atoms with E-state index in [2.05, 4.69) is 15.6 Å². The Morgan fingerprint density at radius 1 is 1.06 bits per heavy atom. The monoisotopic (exact) mass is 490 g/mol. The first-order valence-electron chi connectivity index (χ1n) is 9.89. The van der Waals surface area contributed by atoms with E-state index < -0.39 is 22.8 Å². The van der Waals surface area contributed by atoms with Gasteiger partial charge in [0.25, 0.3) is 0 Å². The zero-order valence-corrected chi connectivity index (χ0v) is 18.5. The molecular formula is C23H20ClF3N5O2+. The number of quaternary nitrogens is 1. The Bertz CT molecular complexity index is 1210. The second kappa shape index (κ2) is 10.8. The van der Waals surface area contributed by atoms with Gasteiger partial charge in [-0.3, -0.25) is 4.98 Å². The van der Waals surface area contributed by atoms with E-state index in [9.17, 15) is 18.0 Å². The molecule has 0 aliphatic heterocycles. The lowest BCUT2D eigenvalue weighted by Crippen LogP contribution is -2.72. The highest BCUT2D eigenvalue weighted by Crippen LogP contribution is 2.36. The minimum absolute atomic E-state index is 0.0540. The van der Waals surface area contributed by atoms with Crippen LogP contribution in [0.2, 0.25) is 5.02 Å². The Kier molecular flexibility index (Phi) is 7.87. The average molecular weight is 491 g/mol. The van der Waals surface area contributed by atoms with Crippen molar-refractivity contribution in [3.05, 3.63) is 83.3 Å². The summed E-state index contributed by atoms with van der Waals surface area (Å²) in [5.74, 6) is 0.994. The minimum Gasteiger partial charge on any atom is -0.457 e. The first-order chi connectivity index (χ1) is 16.2. The molecule has 1 heterocycles. The van der Waals surface area contributed by atoms with Crippen molar-refractivity contribution in [1.82, 2.24) is 4.98 Å². The van der Waals surface area contributed by atoms with Gasteiger partial charge in [-0.05, 0) is 48.5 Å². The molecule has 0 atom stereocenters. The fourth-order valence-electron chi connectivity index (χ4n) is 2.88. The molecule has 0 fully saturated rings. The van der Waals surface area contributed by atoms with Crippen molar-refractivity contribution in [1.29, 1.82) is 5.41 Å². The summed E-state index contributed by atoms with van der Waals surface area (Å²) in [6, 6.07) is 12.1. The summed E-state index contributed by atoms with van der Waals surface area (Å²) >= 11 is 5.59. The second-order valence-electron chi connectivity index (χ2n) is 6.87. The van der Waals surface area contributed by atoms with Crippen LogP contribution in [-0.2, 0) is 6.18 Å². The summed E-state index contributed by atoms with van der Waals surface area (Å²) in [7, 11) is 1.84. The SMILES string of the molecule is C[NH2+]C=C(C=N)c1cc(Oc2ccc(NC(=O)Nc3ccc(Cl)c(C(F)(F)F)c3)cc2)ccn1. The van der Waals surface area contributed by atoms with Crippen LogP contribution in [-0.4, -0.2) is 24.3 Å². The van der Waals surface area contributed by atoms with Crippen molar-refractivity contribution < 1.29 is 28.0 Å². The van der Waals surface area contributed by atoms with Crippen molar-refractivity contribution in [3.63, 3.8) is 0 Å². The number of rotatable bonds is 7. The number of ether oxygens (including phenoxy) is 1. The van der Waals surface area contributed by atoms with E-state index in [1.807, 2.05) is 7.05 Å². The number of nitrogens with two attached hydrogens (primary N) is 1. The number of carbonyl (C=O) groups excluding carboxylic acids is 1. The molecule has 2 amide bonds. The van der Waals surface area contributed by atoms with Gasteiger partial charge in [0, 0.05) is 29.9 Å². The summed E-state index contributed by atoms with van der Waals surface area (Å²) < 4.78 is 44.7. The van der Waals surface area contributed by atoms with Crippen molar-refractivity contribution in [3.8, 4) is 11.5 Å². The lowest BCUT2D eigenvalue weighted by atomic mass is 10.2. The molecule has 176 valence electrons. The first kappa shape index (κ1) is 24.7. The molecule has 0 bridgehead atoms. The van der Waals surface area contributed by atoms with Gasteiger partial charge in [0.2, 0.25) is 0 Å². The van der Waals surface area contributed by atoms with E-state index in [1.165, 1.54) is 12.3 Å². The highest BCUT2D eigenvalue weighted by molar-refractivity contribution is 6.31. The summed E-state index contributed by atoms with van der Waals surface area (Å²) in [4.78, 5) is 16.4. The maximum atomic E-state index is 13.0. The zero-order chi connectivity index (χ0) is 24.7.